The van der Waals surface area contributed by atoms with E-state index in [1.807, 2.05) is 6.07 Å². The summed E-state index contributed by atoms with van der Waals surface area (Å²) in [6.07, 6.45) is 1.59. The summed E-state index contributed by atoms with van der Waals surface area (Å²) in [6.45, 7) is 0. The van der Waals surface area contributed by atoms with Crippen LogP contribution in [0.5, 0.6) is 0 Å². The summed E-state index contributed by atoms with van der Waals surface area (Å²) in [4.78, 5) is 7.85. The van der Waals surface area contributed by atoms with Crippen molar-refractivity contribution < 1.29 is 0 Å². The maximum Gasteiger partial charge on any atom is 0.221 e. The molecule has 1 aromatic carbocycles. The van der Waals surface area contributed by atoms with Gasteiger partial charge in [-0.15, -0.1) is 0 Å². The van der Waals surface area contributed by atoms with Gasteiger partial charge in [0.05, 0.1) is 5.69 Å². The van der Waals surface area contributed by atoms with Gasteiger partial charge in [0.25, 0.3) is 0 Å². The maximum atomic E-state index is 5.84. The van der Waals surface area contributed by atoms with Crippen LogP contribution >= 0.6 is 27.5 Å². The molecule has 0 aliphatic carbocycles. The molecule has 2 aromatic rings. The number of nitrogens with two attached hydrogens (primary N) is 1. The number of aromatic nitrogens is 2. The predicted octanol–water partition coefficient (Wildman–Crippen LogP) is 3.22. The van der Waals surface area contributed by atoms with Gasteiger partial charge in [-0.05, 0) is 40.2 Å². The number of halogens is 2. The molecule has 16 heavy (non-hydrogen) atoms. The molecule has 0 fully saturated rings. The van der Waals surface area contributed by atoms with E-state index in [1.165, 1.54) is 0 Å². The molecular formula is C10H8BrClN4. The van der Waals surface area contributed by atoms with Crippen molar-refractivity contribution in [3.8, 4) is 0 Å². The van der Waals surface area contributed by atoms with Crippen LogP contribution in [0.3, 0.4) is 0 Å². The normalized spacial score (nSPS) is 10.1. The molecule has 3 N–H and O–H groups in total. The fraction of sp³-hybridized carbons (Fsp3) is 0. The van der Waals surface area contributed by atoms with Crippen molar-refractivity contribution in [1.29, 1.82) is 0 Å². The van der Waals surface area contributed by atoms with E-state index in [1.54, 1.807) is 24.4 Å². The van der Waals surface area contributed by atoms with Crippen molar-refractivity contribution in [2.75, 3.05) is 11.1 Å². The summed E-state index contributed by atoms with van der Waals surface area (Å²) in [5, 5.41) is 3.77. The fourth-order valence-electron chi connectivity index (χ4n) is 1.17. The number of nitrogen functional groups attached to an aromatic ring is 1. The summed E-state index contributed by atoms with van der Waals surface area (Å²) >= 11 is 9.24. The minimum absolute atomic E-state index is 0.232. The molecule has 0 unspecified atom stereocenters. The molecule has 0 saturated carbocycles. The lowest BCUT2D eigenvalue weighted by Gasteiger charge is -2.07. The van der Waals surface area contributed by atoms with Gasteiger partial charge in [0.15, 0.2) is 0 Å². The van der Waals surface area contributed by atoms with Crippen molar-refractivity contribution in [2.45, 2.75) is 0 Å². The average molecular weight is 300 g/mol. The number of hydrogen-bond donors (Lipinski definition) is 2. The molecule has 4 nitrogen and oxygen atoms in total. The molecule has 0 saturated heterocycles. The van der Waals surface area contributed by atoms with Crippen LogP contribution in [0.25, 0.3) is 0 Å². The van der Waals surface area contributed by atoms with Gasteiger partial charge in [-0.3, -0.25) is 0 Å². The van der Waals surface area contributed by atoms with Crippen LogP contribution in [0, 0.1) is 0 Å². The first-order valence-electron chi connectivity index (χ1n) is 4.46. The van der Waals surface area contributed by atoms with Gasteiger partial charge >= 0.3 is 0 Å². The third-order valence-electron chi connectivity index (χ3n) is 1.87. The van der Waals surface area contributed by atoms with Gasteiger partial charge in [0.1, 0.15) is 5.82 Å². The van der Waals surface area contributed by atoms with Crippen LogP contribution < -0.4 is 11.1 Å². The minimum Gasteiger partial charge on any atom is -0.368 e. The van der Waals surface area contributed by atoms with E-state index >= 15 is 0 Å². The first-order valence-corrected chi connectivity index (χ1v) is 5.63. The largest absolute Gasteiger partial charge is 0.368 e. The molecule has 0 amide bonds. The van der Waals surface area contributed by atoms with E-state index in [-0.39, 0.29) is 5.95 Å². The molecule has 2 rings (SSSR count). The Morgan fingerprint density at radius 3 is 2.81 bits per heavy atom. The lowest BCUT2D eigenvalue weighted by atomic mass is 10.3. The number of anilines is 3. The van der Waals surface area contributed by atoms with Crippen LogP contribution in [0.1, 0.15) is 0 Å². The SMILES string of the molecule is Nc1nccc(Nc2ccc(Cl)cc2Br)n1. The van der Waals surface area contributed by atoms with Crippen LogP contribution in [-0.2, 0) is 0 Å². The lowest BCUT2D eigenvalue weighted by Crippen LogP contribution is -1.99. The van der Waals surface area contributed by atoms with Crippen molar-refractivity contribution in [2.24, 2.45) is 0 Å². The Kier molecular flexibility index (Phi) is 3.26. The molecule has 0 aliphatic rings. The third kappa shape index (κ3) is 2.62. The Bertz CT molecular complexity index is 518. The maximum absolute atomic E-state index is 5.84. The molecule has 82 valence electrons. The monoisotopic (exact) mass is 298 g/mol. The summed E-state index contributed by atoms with van der Waals surface area (Å²) in [7, 11) is 0. The second-order valence-electron chi connectivity index (χ2n) is 3.05. The molecule has 1 heterocycles. The Balaban J connectivity index is 2.27. The van der Waals surface area contributed by atoms with Gasteiger partial charge in [-0.2, -0.15) is 4.98 Å². The van der Waals surface area contributed by atoms with Crippen molar-refractivity contribution in [3.05, 3.63) is 40.0 Å². The number of hydrogen-bond acceptors (Lipinski definition) is 4. The van der Waals surface area contributed by atoms with Crippen LogP contribution in [0.2, 0.25) is 5.02 Å². The van der Waals surface area contributed by atoms with E-state index in [0.717, 1.165) is 10.2 Å². The lowest BCUT2D eigenvalue weighted by molar-refractivity contribution is 1.18. The first-order chi connectivity index (χ1) is 7.65. The van der Waals surface area contributed by atoms with Gasteiger partial charge < -0.3 is 11.1 Å². The average Bonchev–Trinajstić information content (AvgIpc) is 2.22. The number of rotatable bonds is 2. The van der Waals surface area contributed by atoms with Gasteiger partial charge in [-0.1, -0.05) is 11.6 Å². The van der Waals surface area contributed by atoms with E-state index in [9.17, 15) is 0 Å². The highest BCUT2D eigenvalue weighted by atomic mass is 79.9. The highest BCUT2D eigenvalue weighted by Crippen LogP contribution is 2.27. The summed E-state index contributed by atoms with van der Waals surface area (Å²) < 4.78 is 0.859. The molecule has 0 bridgehead atoms. The van der Waals surface area contributed by atoms with Crippen LogP contribution in [0.4, 0.5) is 17.5 Å². The van der Waals surface area contributed by atoms with Crippen molar-refractivity contribution >= 4 is 45.0 Å². The molecule has 0 aliphatic heterocycles. The standard InChI is InChI=1S/C10H8BrClN4/c11-7-5-6(12)1-2-8(7)15-9-3-4-14-10(13)16-9/h1-5H,(H3,13,14,15,16). The number of nitrogens with zero attached hydrogens (tertiary/aromatic N) is 2. The number of nitrogens with one attached hydrogen (secondary N) is 1. The van der Waals surface area contributed by atoms with Crippen molar-refractivity contribution in [1.82, 2.24) is 9.97 Å². The van der Waals surface area contributed by atoms with Gasteiger partial charge in [0.2, 0.25) is 5.95 Å². The molecular weight excluding hydrogens is 291 g/mol. The number of benzene rings is 1. The minimum atomic E-state index is 0.232. The van der Waals surface area contributed by atoms with Crippen LogP contribution in [0.15, 0.2) is 34.9 Å². The first kappa shape index (κ1) is 11.2. The topological polar surface area (TPSA) is 63.8 Å². The molecule has 6 heteroatoms. The van der Waals surface area contributed by atoms with E-state index in [2.05, 4.69) is 31.2 Å². The molecule has 1 aromatic heterocycles. The smallest absolute Gasteiger partial charge is 0.221 e. The van der Waals surface area contributed by atoms with Gasteiger partial charge in [-0.25, -0.2) is 4.98 Å². The van der Waals surface area contributed by atoms with Crippen molar-refractivity contribution in [3.63, 3.8) is 0 Å². The Labute approximate surface area is 106 Å². The molecule has 0 radical (unpaired) electrons. The second-order valence-corrected chi connectivity index (χ2v) is 4.34. The summed E-state index contributed by atoms with van der Waals surface area (Å²) in [6, 6.07) is 7.18. The second kappa shape index (κ2) is 4.67. The van der Waals surface area contributed by atoms with Crippen LogP contribution in [-0.4, -0.2) is 9.97 Å². The zero-order chi connectivity index (χ0) is 11.5. The van der Waals surface area contributed by atoms with E-state index < -0.39 is 0 Å². The van der Waals surface area contributed by atoms with E-state index in [4.69, 9.17) is 17.3 Å². The predicted molar refractivity (Wildman–Crippen MR) is 68.9 cm³/mol. The molecule has 0 spiro atoms. The summed E-state index contributed by atoms with van der Waals surface area (Å²) in [5.74, 6) is 0.866. The molecule has 0 atom stereocenters. The zero-order valence-corrected chi connectivity index (χ0v) is 10.5. The Morgan fingerprint density at radius 1 is 1.31 bits per heavy atom. The summed E-state index contributed by atoms with van der Waals surface area (Å²) in [5.41, 5.74) is 6.34. The Morgan fingerprint density at radius 2 is 2.12 bits per heavy atom. The highest BCUT2D eigenvalue weighted by molar-refractivity contribution is 9.10. The highest BCUT2D eigenvalue weighted by Gasteiger charge is 2.02. The van der Waals surface area contributed by atoms with Gasteiger partial charge in [0, 0.05) is 15.7 Å². The quantitative estimate of drug-likeness (QED) is 0.893. The zero-order valence-electron chi connectivity index (χ0n) is 8.11. The Hall–Kier alpha value is -1.33. The van der Waals surface area contributed by atoms with E-state index in [0.29, 0.717) is 10.8 Å². The third-order valence-corrected chi connectivity index (χ3v) is 2.76. The fourth-order valence-corrected chi connectivity index (χ4v) is 1.95.